The van der Waals surface area contributed by atoms with Crippen LogP contribution in [0.15, 0.2) is 60.7 Å². The molecule has 0 saturated carbocycles. The molecule has 0 amide bonds. The first-order valence-corrected chi connectivity index (χ1v) is 8.90. The molecule has 0 atom stereocenters. The molecule has 0 aliphatic carbocycles. The fourth-order valence-corrected chi connectivity index (χ4v) is 3.61. The van der Waals surface area contributed by atoms with Crippen LogP contribution in [-0.4, -0.2) is 20.2 Å². The quantitative estimate of drug-likeness (QED) is 0.275. The van der Waals surface area contributed by atoms with Crippen LogP contribution in [0.5, 0.6) is 0 Å². The zero-order valence-electron chi connectivity index (χ0n) is 15.4. The van der Waals surface area contributed by atoms with Crippen LogP contribution in [0.1, 0.15) is 22.8 Å². The van der Waals surface area contributed by atoms with Crippen LogP contribution in [0.2, 0.25) is 0 Å². The molecule has 0 bridgehead atoms. The van der Waals surface area contributed by atoms with Crippen LogP contribution in [0.25, 0.3) is 21.8 Å². The Morgan fingerprint density at radius 3 is 2.07 bits per heavy atom. The van der Waals surface area contributed by atoms with Crippen molar-refractivity contribution < 1.29 is 14.6 Å². The van der Waals surface area contributed by atoms with Crippen molar-refractivity contribution in [3.63, 3.8) is 0 Å². The summed E-state index contributed by atoms with van der Waals surface area (Å²) < 4.78 is 2.02. The van der Waals surface area contributed by atoms with E-state index in [1.54, 1.807) is 24.3 Å². The SMILES string of the molecule is CCn1c2ccc(C(=O)c3cccc([N+](=O)[O-])c3)cc2c2cc([N+](=O)[O-])ccc21. The number of ketones is 1. The Kier molecular flexibility index (Phi) is 4.31. The number of aromatic nitrogens is 1. The van der Waals surface area contributed by atoms with Gasteiger partial charge in [0.05, 0.1) is 9.85 Å². The molecule has 0 saturated heterocycles. The molecule has 0 N–H and O–H groups in total. The maximum Gasteiger partial charge on any atom is 0.270 e. The van der Waals surface area contributed by atoms with Crippen LogP contribution in [0.4, 0.5) is 11.4 Å². The average Bonchev–Trinajstić information content (AvgIpc) is 3.05. The minimum Gasteiger partial charge on any atom is -0.341 e. The van der Waals surface area contributed by atoms with Gasteiger partial charge >= 0.3 is 0 Å². The summed E-state index contributed by atoms with van der Waals surface area (Å²) in [5.41, 5.74) is 2.09. The van der Waals surface area contributed by atoms with E-state index in [2.05, 4.69) is 0 Å². The number of nitro benzene ring substituents is 2. The number of rotatable bonds is 5. The summed E-state index contributed by atoms with van der Waals surface area (Å²) in [6, 6.07) is 15.4. The van der Waals surface area contributed by atoms with Gasteiger partial charge in [-0.3, -0.25) is 25.0 Å². The first-order chi connectivity index (χ1) is 13.9. The van der Waals surface area contributed by atoms with Gasteiger partial charge in [0, 0.05) is 63.7 Å². The van der Waals surface area contributed by atoms with E-state index in [4.69, 9.17) is 0 Å². The fourth-order valence-electron chi connectivity index (χ4n) is 3.61. The zero-order valence-corrected chi connectivity index (χ0v) is 15.4. The van der Waals surface area contributed by atoms with Gasteiger partial charge in [-0.05, 0) is 31.2 Å². The van der Waals surface area contributed by atoms with Gasteiger partial charge in [-0.15, -0.1) is 0 Å². The number of fused-ring (bicyclic) bond motifs is 3. The average molecular weight is 389 g/mol. The summed E-state index contributed by atoms with van der Waals surface area (Å²) in [6.45, 7) is 2.64. The monoisotopic (exact) mass is 389 g/mol. The second kappa shape index (κ2) is 6.83. The molecular formula is C21H15N3O5. The second-order valence-corrected chi connectivity index (χ2v) is 6.57. The van der Waals surface area contributed by atoms with Gasteiger partial charge < -0.3 is 4.57 Å². The molecule has 144 valence electrons. The summed E-state index contributed by atoms with van der Waals surface area (Å²) in [7, 11) is 0. The van der Waals surface area contributed by atoms with Crippen molar-refractivity contribution in [2.24, 2.45) is 0 Å². The molecule has 0 fully saturated rings. The predicted octanol–water partition coefficient (Wildman–Crippen LogP) is 4.86. The topological polar surface area (TPSA) is 108 Å². The largest absolute Gasteiger partial charge is 0.341 e. The Morgan fingerprint density at radius 1 is 0.828 bits per heavy atom. The van der Waals surface area contributed by atoms with Crippen LogP contribution in [0.3, 0.4) is 0 Å². The van der Waals surface area contributed by atoms with E-state index in [0.29, 0.717) is 17.5 Å². The van der Waals surface area contributed by atoms with Gasteiger partial charge in [0.15, 0.2) is 5.78 Å². The number of carbonyl (C=O) groups excluding carboxylic acids is 1. The third-order valence-corrected chi connectivity index (χ3v) is 4.96. The van der Waals surface area contributed by atoms with E-state index in [1.807, 2.05) is 11.5 Å². The maximum absolute atomic E-state index is 12.9. The molecule has 4 aromatic rings. The van der Waals surface area contributed by atoms with Crippen molar-refractivity contribution in [2.45, 2.75) is 13.5 Å². The first kappa shape index (κ1) is 18.3. The number of aryl methyl sites for hydroxylation is 1. The molecular weight excluding hydrogens is 374 g/mol. The number of carbonyl (C=O) groups is 1. The number of nitro groups is 2. The lowest BCUT2D eigenvalue weighted by Crippen LogP contribution is -2.02. The Balaban J connectivity index is 1.91. The van der Waals surface area contributed by atoms with Gasteiger partial charge in [0.25, 0.3) is 11.4 Å². The molecule has 0 aliphatic rings. The van der Waals surface area contributed by atoms with E-state index in [9.17, 15) is 25.0 Å². The van der Waals surface area contributed by atoms with Crippen molar-refractivity contribution in [3.05, 3.63) is 92.0 Å². The fraction of sp³-hybridized carbons (Fsp3) is 0.0952. The highest BCUT2D eigenvalue weighted by atomic mass is 16.6. The second-order valence-electron chi connectivity index (χ2n) is 6.57. The standard InChI is InChI=1S/C21H15N3O5/c1-2-22-19-8-6-14(21(25)13-4-3-5-15(10-13)23(26)27)11-17(19)18-12-16(24(28)29)7-9-20(18)22/h3-12H,2H2,1H3. The molecule has 3 aromatic carbocycles. The van der Waals surface area contributed by atoms with E-state index in [0.717, 1.165) is 16.4 Å². The maximum atomic E-state index is 12.9. The first-order valence-electron chi connectivity index (χ1n) is 8.90. The molecule has 8 heteroatoms. The van der Waals surface area contributed by atoms with Gasteiger partial charge in [0.2, 0.25) is 0 Å². The summed E-state index contributed by atoms with van der Waals surface area (Å²) >= 11 is 0. The Labute approximate surface area is 164 Å². The third-order valence-electron chi connectivity index (χ3n) is 4.96. The van der Waals surface area contributed by atoms with Crippen LogP contribution in [-0.2, 0) is 6.54 Å². The molecule has 29 heavy (non-hydrogen) atoms. The predicted molar refractivity (Wildman–Crippen MR) is 108 cm³/mol. The van der Waals surface area contributed by atoms with Crippen molar-refractivity contribution in [1.82, 2.24) is 4.57 Å². The Morgan fingerprint density at radius 2 is 1.41 bits per heavy atom. The molecule has 0 aliphatic heterocycles. The van der Waals surface area contributed by atoms with E-state index >= 15 is 0 Å². The van der Waals surface area contributed by atoms with Gasteiger partial charge in [-0.1, -0.05) is 12.1 Å². The summed E-state index contributed by atoms with van der Waals surface area (Å²) in [6.07, 6.45) is 0. The molecule has 0 spiro atoms. The van der Waals surface area contributed by atoms with Crippen molar-refractivity contribution in [3.8, 4) is 0 Å². The summed E-state index contributed by atoms with van der Waals surface area (Å²) in [4.78, 5) is 34.1. The minimum absolute atomic E-state index is 0.0249. The van der Waals surface area contributed by atoms with Gasteiger partial charge in [-0.25, -0.2) is 0 Å². The molecule has 0 unspecified atom stereocenters. The number of nitrogens with zero attached hydrogens (tertiary/aromatic N) is 3. The van der Waals surface area contributed by atoms with E-state index in [1.165, 1.54) is 36.4 Å². The minimum atomic E-state index is -0.548. The highest BCUT2D eigenvalue weighted by molar-refractivity contribution is 6.15. The lowest BCUT2D eigenvalue weighted by molar-refractivity contribution is -0.385. The van der Waals surface area contributed by atoms with E-state index in [-0.39, 0.29) is 22.7 Å². The highest BCUT2D eigenvalue weighted by Gasteiger charge is 2.18. The number of non-ortho nitro benzene ring substituents is 2. The molecule has 4 rings (SSSR count). The Bertz CT molecular complexity index is 1320. The normalized spacial score (nSPS) is 11.1. The molecule has 1 heterocycles. The number of benzene rings is 3. The summed E-state index contributed by atoms with van der Waals surface area (Å²) in [5, 5.41) is 23.6. The summed E-state index contributed by atoms with van der Waals surface area (Å²) in [5.74, 6) is -0.349. The molecule has 8 nitrogen and oxygen atoms in total. The zero-order chi connectivity index (χ0) is 20.7. The van der Waals surface area contributed by atoms with Gasteiger partial charge in [-0.2, -0.15) is 0 Å². The molecule has 0 radical (unpaired) electrons. The smallest absolute Gasteiger partial charge is 0.270 e. The Hall–Kier alpha value is -4.07. The van der Waals surface area contributed by atoms with Crippen LogP contribution >= 0.6 is 0 Å². The van der Waals surface area contributed by atoms with Crippen LogP contribution in [0, 0.1) is 20.2 Å². The molecule has 1 aromatic heterocycles. The number of hydrogen-bond donors (Lipinski definition) is 0. The van der Waals surface area contributed by atoms with Gasteiger partial charge in [0.1, 0.15) is 0 Å². The van der Waals surface area contributed by atoms with Crippen molar-refractivity contribution >= 4 is 39.0 Å². The van der Waals surface area contributed by atoms with E-state index < -0.39 is 9.85 Å². The lowest BCUT2D eigenvalue weighted by Gasteiger charge is -2.04. The van der Waals surface area contributed by atoms with Crippen molar-refractivity contribution in [2.75, 3.05) is 0 Å². The third kappa shape index (κ3) is 3.00. The van der Waals surface area contributed by atoms with Crippen molar-refractivity contribution in [1.29, 1.82) is 0 Å². The lowest BCUT2D eigenvalue weighted by atomic mass is 10.0. The highest BCUT2D eigenvalue weighted by Crippen LogP contribution is 2.33. The number of hydrogen-bond acceptors (Lipinski definition) is 5. The van der Waals surface area contributed by atoms with Crippen LogP contribution < -0.4 is 0 Å².